The lowest BCUT2D eigenvalue weighted by molar-refractivity contribution is 0.0203. The summed E-state index contributed by atoms with van der Waals surface area (Å²) in [5, 5.41) is 15.5. The molecule has 0 amide bonds. The molecular formula is C20H37IN6O2. The summed E-state index contributed by atoms with van der Waals surface area (Å²) in [6.07, 6.45) is 8.89. The summed E-state index contributed by atoms with van der Waals surface area (Å²) >= 11 is 0. The van der Waals surface area contributed by atoms with Crippen molar-refractivity contribution in [3.63, 3.8) is 0 Å². The Hall–Kier alpha value is -0.940. The van der Waals surface area contributed by atoms with E-state index in [4.69, 9.17) is 9.47 Å². The molecule has 8 nitrogen and oxygen atoms in total. The average Bonchev–Trinajstić information content (AvgIpc) is 2.96. The highest BCUT2D eigenvalue weighted by atomic mass is 127. The molecule has 1 aromatic rings. The normalized spacial score (nSPS) is 17.9. The van der Waals surface area contributed by atoms with Crippen molar-refractivity contribution in [3.05, 3.63) is 11.6 Å². The number of nitrogens with zero attached hydrogens (tertiary/aromatic N) is 4. The molecule has 0 aliphatic carbocycles. The van der Waals surface area contributed by atoms with Gasteiger partial charge in [0.25, 0.3) is 0 Å². The van der Waals surface area contributed by atoms with E-state index in [9.17, 15) is 0 Å². The largest absolute Gasteiger partial charge is 0.381 e. The van der Waals surface area contributed by atoms with Gasteiger partial charge in [-0.3, -0.25) is 4.99 Å². The van der Waals surface area contributed by atoms with Crippen LogP contribution in [0.15, 0.2) is 4.99 Å². The van der Waals surface area contributed by atoms with Gasteiger partial charge in [0.1, 0.15) is 11.6 Å². The quantitative estimate of drug-likeness (QED) is 0.225. The number of hydrogen-bond donors (Lipinski definition) is 2. The number of nitrogens with one attached hydrogen (secondary N) is 2. The van der Waals surface area contributed by atoms with Gasteiger partial charge in [-0.05, 0) is 38.0 Å². The number of aryl methyl sites for hydroxylation is 1. The van der Waals surface area contributed by atoms with Crippen molar-refractivity contribution in [3.8, 4) is 0 Å². The zero-order chi connectivity index (χ0) is 19.4. The van der Waals surface area contributed by atoms with Crippen LogP contribution in [0.25, 0.3) is 0 Å². The number of guanidine groups is 1. The Kier molecular flexibility index (Phi) is 11.9. The number of aromatic nitrogens is 3. The minimum absolute atomic E-state index is 0. The van der Waals surface area contributed by atoms with Crippen LogP contribution in [0.1, 0.15) is 50.2 Å². The summed E-state index contributed by atoms with van der Waals surface area (Å²) in [6.45, 7) is 6.13. The van der Waals surface area contributed by atoms with Gasteiger partial charge in [-0.1, -0.05) is 6.42 Å². The van der Waals surface area contributed by atoms with Crippen LogP contribution in [0.3, 0.4) is 0 Å². The maximum atomic E-state index is 5.81. The van der Waals surface area contributed by atoms with Gasteiger partial charge in [-0.2, -0.15) is 0 Å². The van der Waals surface area contributed by atoms with E-state index in [1.54, 1.807) is 7.05 Å². The number of ether oxygens (including phenoxy) is 2. The summed E-state index contributed by atoms with van der Waals surface area (Å²) < 4.78 is 13.5. The monoisotopic (exact) mass is 520 g/mol. The highest BCUT2D eigenvalue weighted by molar-refractivity contribution is 14.0. The maximum Gasteiger partial charge on any atom is 0.190 e. The smallest absolute Gasteiger partial charge is 0.190 e. The Morgan fingerprint density at radius 2 is 2.00 bits per heavy atom. The molecule has 0 unspecified atom stereocenters. The van der Waals surface area contributed by atoms with E-state index in [-0.39, 0.29) is 24.0 Å². The molecule has 2 aliphatic rings. The van der Waals surface area contributed by atoms with Crippen LogP contribution in [-0.4, -0.2) is 67.3 Å². The highest BCUT2D eigenvalue weighted by Crippen LogP contribution is 2.15. The minimum atomic E-state index is 0. The van der Waals surface area contributed by atoms with Crippen LogP contribution < -0.4 is 10.6 Å². The fourth-order valence-electron chi connectivity index (χ4n) is 3.79. The van der Waals surface area contributed by atoms with Gasteiger partial charge in [0.2, 0.25) is 0 Å². The summed E-state index contributed by atoms with van der Waals surface area (Å²) in [4.78, 5) is 4.30. The van der Waals surface area contributed by atoms with Crippen LogP contribution in [0, 0.1) is 5.92 Å². The molecule has 9 heteroatoms. The number of aliphatic imine (C=N–C) groups is 1. The van der Waals surface area contributed by atoms with Crippen molar-refractivity contribution >= 4 is 29.9 Å². The van der Waals surface area contributed by atoms with E-state index in [1.807, 2.05) is 0 Å². The molecule has 3 rings (SSSR count). The molecule has 1 aromatic heterocycles. The third-order valence-corrected chi connectivity index (χ3v) is 5.50. The Morgan fingerprint density at radius 1 is 1.17 bits per heavy atom. The van der Waals surface area contributed by atoms with Gasteiger partial charge in [0.15, 0.2) is 5.96 Å². The van der Waals surface area contributed by atoms with Crippen LogP contribution >= 0.6 is 24.0 Å². The molecule has 0 bridgehead atoms. The lowest BCUT2D eigenvalue weighted by atomic mass is 10.0. The molecule has 166 valence electrons. The van der Waals surface area contributed by atoms with Crippen molar-refractivity contribution in [2.75, 3.05) is 46.6 Å². The first-order valence-electron chi connectivity index (χ1n) is 10.9. The van der Waals surface area contributed by atoms with E-state index in [0.717, 1.165) is 95.8 Å². The fourth-order valence-corrected chi connectivity index (χ4v) is 3.79. The second-order valence-corrected chi connectivity index (χ2v) is 7.65. The zero-order valence-electron chi connectivity index (χ0n) is 17.7. The van der Waals surface area contributed by atoms with Crippen LogP contribution in [-0.2, 0) is 28.9 Å². The van der Waals surface area contributed by atoms with Crippen molar-refractivity contribution in [2.24, 2.45) is 10.9 Å². The molecule has 0 aromatic carbocycles. The summed E-state index contributed by atoms with van der Waals surface area (Å²) in [6, 6.07) is 0. The van der Waals surface area contributed by atoms with Crippen molar-refractivity contribution in [1.82, 2.24) is 25.4 Å². The number of fused-ring (bicyclic) bond motifs is 1. The van der Waals surface area contributed by atoms with Gasteiger partial charge in [0, 0.05) is 66.0 Å². The molecule has 1 saturated heterocycles. The second-order valence-electron chi connectivity index (χ2n) is 7.65. The first kappa shape index (κ1) is 24.3. The minimum Gasteiger partial charge on any atom is -0.381 e. The summed E-state index contributed by atoms with van der Waals surface area (Å²) in [5.41, 5.74) is 0. The molecule has 0 spiro atoms. The van der Waals surface area contributed by atoms with Crippen molar-refractivity contribution in [1.29, 1.82) is 0 Å². The lowest BCUT2D eigenvalue weighted by Gasteiger charge is -2.21. The van der Waals surface area contributed by atoms with Crippen LogP contribution in [0.4, 0.5) is 0 Å². The summed E-state index contributed by atoms with van der Waals surface area (Å²) in [7, 11) is 1.81. The average molecular weight is 520 g/mol. The molecule has 1 fully saturated rings. The number of halogens is 1. The number of hydrogen-bond acceptors (Lipinski definition) is 5. The Labute approximate surface area is 191 Å². The molecule has 0 atom stereocenters. The van der Waals surface area contributed by atoms with E-state index >= 15 is 0 Å². The molecule has 2 aliphatic heterocycles. The van der Waals surface area contributed by atoms with Gasteiger partial charge in [0.05, 0.1) is 0 Å². The fraction of sp³-hybridized carbons (Fsp3) is 0.850. The molecule has 2 N–H and O–H groups in total. The topological polar surface area (TPSA) is 85.6 Å². The molecule has 0 saturated carbocycles. The third kappa shape index (κ3) is 8.37. The number of rotatable bonds is 9. The van der Waals surface area contributed by atoms with Gasteiger partial charge in [-0.15, -0.1) is 34.2 Å². The summed E-state index contributed by atoms with van der Waals surface area (Å²) in [5.74, 6) is 3.74. The second kappa shape index (κ2) is 14.1. The maximum absolute atomic E-state index is 5.81. The zero-order valence-corrected chi connectivity index (χ0v) is 20.0. The van der Waals surface area contributed by atoms with Gasteiger partial charge in [-0.25, -0.2) is 0 Å². The molecule has 29 heavy (non-hydrogen) atoms. The SMILES string of the molecule is CN=C(NCCCOCC1CCOCC1)NCCc1nnc2n1CCCCC2.I. The van der Waals surface area contributed by atoms with E-state index in [2.05, 4.69) is 30.4 Å². The van der Waals surface area contributed by atoms with Crippen molar-refractivity contribution < 1.29 is 9.47 Å². The predicted octanol–water partition coefficient (Wildman–Crippen LogP) is 2.16. The van der Waals surface area contributed by atoms with E-state index in [0.29, 0.717) is 5.92 Å². The van der Waals surface area contributed by atoms with Gasteiger partial charge < -0.3 is 24.7 Å². The van der Waals surface area contributed by atoms with Crippen molar-refractivity contribution in [2.45, 2.75) is 57.9 Å². The highest BCUT2D eigenvalue weighted by Gasteiger charge is 2.15. The van der Waals surface area contributed by atoms with Gasteiger partial charge >= 0.3 is 0 Å². The predicted molar refractivity (Wildman–Crippen MR) is 125 cm³/mol. The Bertz CT molecular complexity index is 604. The molecular weight excluding hydrogens is 483 g/mol. The Balaban J connectivity index is 0.00000300. The Morgan fingerprint density at radius 3 is 2.83 bits per heavy atom. The van der Waals surface area contributed by atoms with Crippen LogP contribution in [0.2, 0.25) is 0 Å². The first-order chi connectivity index (χ1) is 13.9. The standard InChI is InChI=1S/C20H36N6O2.HI/c1-21-20(22-10-5-13-28-16-17-8-14-27-15-9-17)23-11-7-19-25-24-18-6-3-2-4-12-26(18)19;/h17H,2-16H2,1H3,(H2,21,22,23);1H. The van der Waals surface area contributed by atoms with E-state index < -0.39 is 0 Å². The van der Waals surface area contributed by atoms with Crippen LogP contribution in [0.5, 0.6) is 0 Å². The lowest BCUT2D eigenvalue weighted by Crippen LogP contribution is -2.39. The third-order valence-electron chi connectivity index (χ3n) is 5.50. The van der Waals surface area contributed by atoms with E-state index in [1.165, 1.54) is 19.3 Å². The molecule has 3 heterocycles. The molecule has 0 radical (unpaired) electrons. The first-order valence-corrected chi connectivity index (χ1v) is 10.9.